The van der Waals surface area contributed by atoms with Crippen molar-refractivity contribution < 1.29 is 0 Å². The Labute approximate surface area is 79.9 Å². The predicted molar refractivity (Wildman–Crippen MR) is 65.0 cm³/mol. The van der Waals surface area contributed by atoms with Gasteiger partial charge in [0.05, 0.1) is 0 Å². The first-order chi connectivity index (χ1) is 5.91. The minimum Gasteiger partial charge on any atom is -0.273 e. The van der Waals surface area contributed by atoms with E-state index in [4.69, 9.17) is 0 Å². The molecule has 0 fully saturated rings. The molecule has 12 heavy (non-hydrogen) atoms. The van der Waals surface area contributed by atoms with Crippen LogP contribution in [0.1, 0.15) is 41.5 Å². The Hall–Kier alpha value is -0.850. The summed E-state index contributed by atoms with van der Waals surface area (Å²) < 4.78 is 0. The standard InChI is InChI=1S/C3H5N.3C2H6.C2H4/c1-3-4-2;4*1-2/h3H,1-2H2;3*1-2H3;1-2H2. The predicted octanol–water partition coefficient (Wildman–Crippen LogP) is 4.71. The molecule has 0 heterocycles. The van der Waals surface area contributed by atoms with Gasteiger partial charge < -0.3 is 0 Å². The Kier molecular flexibility index (Phi) is 1630. The van der Waals surface area contributed by atoms with Crippen molar-refractivity contribution >= 4 is 6.72 Å². The molecule has 0 rings (SSSR count). The maximum Gasteiger partial charge on any atom is 0.0188 e. The zero-order valence-electron chi connectivity index (χ0n) is 9.85. The molecule has 0 bridgehead atoms. The topological polar surface area (TPSA) is 12.4 Å². The summed E-state index contributed by atoms with van der Waals surface area (Å²) >= 11 is 0. The molecule has 0 aromatic rings. The molecule has 0 aromatic carbocycles. The van der Waals surface area contributed by atoms with Crippen LogP contribution in [0.15, 0.2) is 30.9 Å². The third kappa shape index (κ3) is 27000. The molecule has 0 aliphatic rings. The van der Waals surface area contributed by atoms with E-state index in [9.17, 15) is 0 Å². The van der Waals surface area contributed by atoms with Gasteiger partial charge in [0.1, 0.15) is 0 Å². The molecule has 0 radical (unpaired) electrons. The fourth-order valence-electron chi connectivity index (χ4n) is 0. The molecule has 0 aliphatic carbocycles. The van der Waals surface area contributed by atoms with Gasteiger partial charge in [0.2, 0.25) is 0 Å². The second-order valence-corrected chi connectivity index (χ2v) is 0.365. The monoisotopic (exact) mass is 173 g/mol. The first-order valence-electron chi connectivity index (χ1n) is 4.48. The van der Waals surface area contributed by atoms with Crippen LogP contribution in [0.4, 0.5) is 0 Å². The number of aliphatic imine (C=N–C) groups is 1. The molecule has 0 saturated carbocycles. The molecule has 0 N–H and O–H groups in total. The Morgan fingerprint density at radius 1 is 0.833 bits per heavy atom. The normalized spacial score (nSPS) is 3.50. The average Bonchev–Trinajstić information content (AvgIpc) is 2.29. The lowest BCUT2D eigenvalue weighted by Crippen LogP contribution is -1.26. The lowest BCUT2D eigenvalue weighted by atomic mass is 11.0. The summed E-state index contributed by atoms with van der Waals surface area (Å²) in [5, 5.41) is 0. The summed E-state index contributed by atoms with van der Waals surface area (Å²) in [5.74, 6) is 0. The highest BCUT2D eigenvalue weighted by atomic mass is 14.6. The molecule has 0 saturated heterocycles. The van der Waals surface area contributed by atoms with Crippen molar-refractivity contribution in [3.05, 3.63) is 25.9 Å². The van der Waals surface area contributed by atoms with Gasteiger partial charge in [-0.15, -0.1) is 13.2 Å². The average molecular weight is 173 g/mol. The highest BCUT2D eigenvalue weighted by Crippen LogP contribution is 1.50. The maximum atomic E-state index is 3.25. The van der Waals surface area contributed by atoms with E-state index in [1.54, 1.807) is 0 Å². The van der Waals surface area contributed by atoms with Gasteiger partial charge in [-0.25, -0.2) is 0 Å². The van der Waals surface area contributed by atoms with E-state index in [1.165, 1.54) is 6.20 Å². The molecule has 1 nitrogen and oxygen atoms in total. The molecule has 0 aromatic heterocycles. The third-order valence-corrected chi connectivity index (χ3v) is 0.129. The molecule has 76 valence electrons. The van der Waals surface area contributed by atoms with Gasteiger partial charge in [0.25, 0.3) is 0 Å². The number of hydrogen-bond acceptors (Lipinski definition) is 1. The number of rotatable bonds is 1. The molecule has 0 unspecified atom stereocenters. The van der Waals surface area contributed by atoms with Crippen molar-refractivity contribution in [1.29, 1.82) is 0 Å². The van der Waals surface area contributed by atoms with Crippen LogP contribution in [0.25, 0.3) is 0 Å². The zero-order valence-corrected chi connectivity index (χ0v) is 9.85. The second-order valence-electron chi connectivity index (χ2n) is 0.365. The summed E-state index contributed by atoms with van der Waals surface area (Å²) in [6.45, 7) is 24.4. The first-order valence-corrected chi connectivity index (χ1v) is 4.48. The van der Waals surface area contributed by atoms with E-state index in [1.807, 2.05) is 41.5 Å². The van der Waals surface area contributed by atoms with Crippen LogP contribution < -0.4 is 0 Å². The van der Waals surface area contributed by atoms with Crippen LogP contribution in [-0.4, -0.2) is 6.72 Å². The Morgan fingerprint density at radius 3 is 0.917 bits per heavy atom. The third-order valence-electron chi connectivity index (χ3n) is 0.129. The van der Waals surface area contributed by atoms with Crippen LogP contribution in [0.3, 0.4) is 0 Å². The molecule has 0 atom stereocenters. The fourth-order valence-corrected chi connectivity index (χ4v) is 0. The highest BCUT2D eigenvalue weighted by molar-refractivity contribution is 5.24. The summed E-state index contributed by atoms with van der Waals surface area (Å²) in [6, 6.07) is 0. The second kappa shape index (κ2) is 643. The minimum absolute atomic E-state index is 1.39. The van der Waals surface area contributed by atoms with Crippen molar-refractivity contribution in [3.8, 4) is 0 Å². The van der Waals surface area contributed by atoms with Crippen LogP contribution in [0, 0.1) is 0 Å². The molecule has 0 spiro atoms. The van der Waals surface area contributed by atoms with Gasteiger partial charge in [-0.3, -0.25) is 4.99 Å². The van der Waals surface area contributed by atoms with Gasteiger partial charge in [0, 0.05) is 6.20 Å². The summed E-state index contributed by atoms with van der Waals surface area (Å²) in [7, 11) is 0. The van der Waals surface area contributed by atoms with Crippen LogP contribution >= 0.6 is 0 Å². The van der Waals surface area contributed by atoms with Gasteiger partial charge in [0.15, 0.2) is 0 Å². The van der Waals surface area contributed by atoms with Crippen molar-refractivity contribution in [1.82, 2.24) is 0 Å². The molecule has 0 aliphatic heterocycles. The lowest BCUT2D eigenvalue weighted by molar-refractivity contribution is 1.50. The summed E-state index contributed by atoms with van der Waals surface area (Å²) in [4.78, 5) is 3.25. The lowest BCUT2D eigenvalue weighted by Gasteiger charge is -1.48. The van der Waals surface area contributed by atoms with Crippen molar-refractivity contribution in [2.75, 3.05) is 0 Å². The van der Waals surface area contributed by atoms with Gasteiger partial charge >= 0.3 is 0 Å². The SMILES string of the molecule is C=C.C=CN=C.CC.CC.CC. The quantitative estimate of drug-likeness (QED) is 0.402. The maximum absolute atomic E-state index is 3.25. The molecule has 0 amide bonds. The van der Waals surface area contributed by atoms with Crippen LogP contribution in [0.5, 0.6) is 0 Å². The zero-order chi connectivity index (χ0) is 11.4. The van der Waals surface area contributed by atoms with Crippen molar-refractivity contribution in [3.63, 3.8) is 0 Å². The number of hydrogen-bond donors (Lipinski definition) is 0. The Morgan fingerprint density at radius 2 is 0.917 bits per heavy atom. The molecular formula is C11H27N. The highest BCUT2D eigenvalue weighted by Gasteiger charge is 1.27. The fraction of sp³-hybridized carbons (Fsp3) is 0.545. The smallest absolute Gasteiger partial charge is 0.0188 e. The largest absolute Gasteiger partial charge is 0.273 e. The van der Waals surface area contributed by atoms with E-state index >= 15 is 0 Å². The van der Waals surface area contributed by atoms with Crippen LogP contribution in [0.2, 0.25) is 0 Å². The van der Waals surface area contributed by atoms with Gasteiger partial charge in [-0.1, -0.05) is 48.1 Å². The van der Waals surface area contributed by atoms with Gasteiger partial charge in [-0.05, 0) is 6.72 Å². The minimum atomic E-state index is 1.39. The van der Waals surface area contributed by atoms with Crippen LogP contribution in [-0.2, 0) is 0 Å². The van der Waals surface area contributed by atoms with E-state index in [2.05, 4.69) is 31.4 Å². The summed E-state index contributed by atoms with van der Waals surface area (Å²) in [6.07, 6.45) is 1.39. The Balaban J connectivity index is -0.0000000181. The number of nitrogens with zero attached hydrogens (tertiary/aromatic N) is 1. The van der Waals surface area contributed by atoms with E-state index in [-0.39, 0.29) is 0 Å². The summed E-state index contributed by atoms with van der Waals surface area (Å²) in [5.41, 5.74) is 0. The van der Waals surface area contributed by atoms with Gasteiger partial charge in [-0.2, -0.15) is 0 Å². The molecule has 1 heteroatoms. The van der Waals surface area contributed by atoms with E-state index in [0.717, 1.165) is 0 Å². The van der Waals surface area contributed by atoms with E-state index < -0.39 is 0 Å². The van der Waals surface area contributed by atoms with Crippen molar-refractivity contribution in [2.24, 2.45) is 4.99 Å². The van der Waals surface area contributed by atoms with E-state index in [0.29, 0.717) is 0 Å². The Bertz CT molecular complexity index is 34.3. The van der Waals surface area contributed by atoms with Crippen molar-refractivity contribution in [2.45, 2.75) is 41.5 Å². The first kappa shape index (κ1) is 30.4. The molecular weight excluding hydrogens is 146 g/mol.